The number of ether oxygens (including phenoxy) is 2. The number of nitrogens with zero attached hydrogens (tertiary/aromatic N) is 1. The van der Waals surface area contributed by atoms with Gasteiger partial charge in [0.15, 0.2) is 0 Å². The fourth-order valence-electron chi connectivity index (χ4n) is 2.57. The van der Waals surface area contributed by atoms with Crippen LogP contribution in [0.4, 0.5) is 0 Å². The molecule has 0 bridgehead atoms. The molecule has 0 aliphatic rings. The maximum Gasteiger partial charge on any atom is 0.226 e. The first-order valence-corrected chi connectivity index (χ1v) is 9.91. The van der Waals surface area contributed by atoms with E-state index in [2.05, 4.69) is 13.8 Å². The Hall–Kier alpha value is -0.650. The van der Waals surface area contributed by atoms with Crippen molar-refractivity contribution in [2.45, 2.75) is 78.4 Å². The van der Waals surface area contributed by atoms with Gasteiger partial charge in [-0.15, -0.1) is 0 Å². The molecule has 2 radical (unpaired) electrons. The van der Waals surface area contributed by atoms with Crippen LogP contribution in [0.5, 0.6) is 0 Å². The Morgan fingerprint density at radius 3 is 2.28 bits per heavy atom. The van der Waals surface area contributed by atoms with Gasteiger partial charge in [-0.05, 0) is 32.6 Å². The number of hydrogen-bond donors (Lipinski definition) is 1. The summed E-state index contributed by atoms with van der Waals surface area (Å²) in [5.74, 6) is 0.202. The standard InChI is InChI=1S/C20H39NO4/c1-6-10-11-18(8-3)20(23)21(17(5)7-2)12-13-24-14-15-25-16-19(22)9-4/h5,17-19,22H,6-16H2,1-4H3. The topological polar surface area (TPSA) is 59.0 Å². The van der Waals surface area contributed by atoms with E-state index < -0.39 is 6.10 Å². The molecule has 0 aliphatic carbocycles. The van der Waals surface area contributed by atoms with Crippen LogP contribution in [0.2, 0.25) is 0 Å². The highest BCUT2D eigenvalue weighted by Gasteiger charge is 2.25. The van der Waals surface area contributed by atoms with Gasteiger partial charge in [0.1, 0.15) is 0 Å². The first-order chi connectivity index (χ1) is 12.0. The largest absolute Gasteiger partial charge is 0.391 e. The molecule has 0 aliphatic heterocycles. The molecule has 0 aromatic rings. The highest BCUT2D eigenvalue weighted by atomic mass is 16.5. The third kappa shape index (κ3) is 10.8. The average molecular weight is 358 g/mol. The smallest absolute Gasteiger partial charge is 0.226 e. The third-order valence-corrected chi connectivity index (χ3v) is 4.48. The van der Waals surface area contributed by atoms with Gasteiger partial charge in [0.05, 0.1) is 32.5 Å². The summed E-state index contributed by atoms with van der Waals surface area (Å²) in [6.45, 7) is 16.4. The van der Waals surface area contributed by atoms with Crippen LogP contribution < -0.4 is 0 Å². The van der Waals surface area contributed by atoms with Gasteiger partial charge in [-0.25, -0.2) is 0 Å². The lowest BCUT2D eigenvalue weighted by atomic mass is 9.97. The van der Waals surface area contributed by atoms with E-state index in [0.29, 0.717) is 39.4 Å². The normalized spacial score (nSPS) is 15.0. The number of unbranched alkanes of at least 4 members (excludes halogenated alkanes) is 1. The van der Waals surface area contributed by atoms with Gasteiger partial charge in [-0.2, -0.15) is 0 Å². The molecule has 0 fully saturated rings. The molecule has 3 unspecified atom stereocenters. The van der Waals surface area contributed by atoms with Crippen LogP contribution in [0.15, 0.2) is 0 Å². The second-order valence-corrected chi connectivity index (χ2v) is 6.50. The third-order valence-electron chi connectivity index (χ3n) is 4.48. The maximum atomic E-state index is 12.8. The minimum atomic E-state index is -0.412. The summed E-state index contributed by atoms with van der Waals surface area (Å²) < 4.78 is 10.9. The molecular formula is C20H39NO4. The van der Waals surface area contributed by atoms with Crippen molar-refractivity contribution in [3.63, 3.8) is 0 Å². The van der Waals surface area contributed by atoms with Gasteiger partial charge in [0, 0.05) is 18.5 Å². The molecule has 148 valence electrons. The predicted molar refractivity (Wildman–Crippen MR) is 101 cm³/mol. The van der Waals surface area contributed by atoms with Crippen molar-refractivity contribution in [2.75, 3.05) is 33.0 Å². The Balaban J connectivity index is 4.24. The summed E-state index contributed by atoms with van der Waals surface area (Å²) in [5.41, 5.74) is 0. The van der Waals surface area contributed by atoms with Crippen LogP contribution >= 0.6 is 0 Å². The van der Waals surface area contributed by atoms with E-state index in [9.17, 15) is 9.90 Å². The van der Waals surface area contributed by atoms with Crippen molar-refractivity contribution in [1.82, 2.24) is 4.90 Å². The predicted octanol–water partition coefficient (Wildman–Crippen LogP) is 3.33. The molecule has 5 heteroatoms. The van der Waals surface area contributed by atoms with E-state index in [-0.39, 0.29) is 17.9 Å². The SMILES string of the molecule is [CH]C(CC)N(CCOCCOCC(O)CC)C(=O)C(CC)CCCC. The molecule has 1 amide bonds. The number of hydrogen-bond acceptors (Lipinski definition) is 4. The zero-order valence-electron chi connectivity index (χ0n) is 16.7. The van der Waals surface area contributed by atoms with E-state index >= 15 is 0 Å². The van der Waals surface area contributed by atoms with Crippen LogP contribution in [0.3, 0.4) is 0 Å². The second-order valence-electron chi connectivity index (χ2n) is 6.50. The van der Waals surface area contributed by atoms with Crippen molar-refractivity contribution in [3.05, 3.63) is 6.92 Å². The van der Waals surface area contributed by atoms with Crippen molar-refractivity contribution < 1.29 is 19.4 Å². The number of carbonyl (C=O) groups is 1. The summed E-state index contributed by atoms with van der Waals surface area (Å²) in [6, 6.07) is -0.261. The number of carbonyl (C=O) groups excluding carboxylic acids is 1. The van der Waals surface area contributed by atoms with Gasteiger partial charge in [-0.1, -0.05) is 40.5 Å². The fraction of sp³-hybridized carbons (Fsp3) is 0.900. The van der Waals surface area contributed by atoms with Gasteiger partial charge in [0.25, 0.3) is 0 Å². The van der Waals surface area contributed by atoms with E-state index in [1.54, 1.807) is 4.90 Å². The van der Waals surface area contributed by atoms with E-state index in [4.69, 9.17) is 16.4 Å². The molecule has 5 nitrogen and oxygen atoms in total. The van der Waals surface area contributed by atoms with Gasteiger partial charge < -0.3 is 19.5 Å². The second kappa shape index (κ2) is 15.6. The van der Waals surface area contributed by atoms with Crippen LogP contribution in [0.1, 0.15) is 66.2 Å². The van der Waals surface area contributed by atoms with E-state index in [1.165, 1.54) is 0 Å². The first-order valence-electron chi connectivity index (χ1n) is 9.91. The molecule has 1 N–H and O–H groups in total. The molecule has 0 aromatic carbocycles. The Morgan fingerprint density at radius 1 is 1.04 bits per heavy atom. The number of rotatable bonds is 16. The summed E-state index contributed by atoms with van der Waals surface area (Å²) in [6.07, 6.45) is 4.94. The molecule has 3 atom stereocenters. The Morgan fingerprint density at radius 2 is 1.72 bits per heavy atom. The zero-order chi connectivity index (χ0) is 19.1. The number of aliphatic hydroxyl groups is 1. The quantitative estimate of drug-likeness (QED) is 0.431. The minimum absolute atomic E-state index is 0.0522. The van der Waals surface area contributed by atoms with Crippen molar-refractivity contribution in [2.24, 2.45) is 5.92 Å². The lowest BCUT2D eigenvalue weighted by Gasteiger charge is -2.31. The summed E-state index contributed by atoms with van der Waals surface area (Å²) in [5, 5.41) is 9.40. The Kier molecular flexibility index (Phi) is 15.2. The molecule has 0 heterocycles. The fourth-order valence-corrected chi connectivity index (χ4v) is 2.57. The molecule has 0 saturated carbocycles. The van der Waals surface area contributed by atoms with Gasteiger partial charge in [-0.3, -0.25) is 4.79 Å². The zero-order valence-corrected chi connectivity index (χ0v) is 16.7. The molecule has 0 aromatic heterocycles. The van der Waals surface area contributed by atoms with Crippen molar-refractivity contribution in [3.8, 4) is 0 Å². The molecular weight excluding hydrogens is 318 g/mol. The average Bonchev–Trinajstić information content (AvgIpc) is 2.63. The molecule has 0 rings (SSSR count). The van der Waals surface area contributed by atoms with Crippen molar-refractivity contribution in [1.29, 1.82) is 0 Å². The van der Waals surface area contributed by atoms with Gasteiger partial charge >= 0.3 is 0 Å². The van der Waals surface area contributed by atoms with E-state index in [0.717, 1.165) is 32.1 Å². The first kappa shape index (κ1) is 24.4. The summed E-state index contributed by atoms with van der Waals surface area (Å²) >= 11 is 0. The minimum Gasteiger partial charge on any atom is -0.391 e. The highest BCUT2D eigenvalue weighted by Crippen LogP contribution is 2.18. The van der Waals surface area contributed by atoms with Crippen LogP contribution in [-0.2, 0) is 14.3 Å². The molecule has 25 heavy (non-hydrogen) atoms. The Labute approximate surface area is 155 Å². The highest BCUT2D eigenvalue weighted by molar-refractivity contribution is 5.79. The Bertz CT molecular complexity index is 325. The van der Waals surface area contributed by atoms with Crippen LogP contribution in [-0.4, -0.2) is 61.0 Å². The number of aliphatic hydroxyl groups excluding tert-OH is 1. The van der Waals surface area contributed by atoms with Crippen molar-refractivity contribution >= 4 is 5.91 Å². The van der Waals surface area contributed by atoms with Crippen LogP contribution in [0, 0.1) is 12.8 Å². The van der Waals surface area contributed by atoms with Crippen LogP contribution in [0.25, 0.3) is 0 Å². The monoisotopic (exact) mass is 357 g/mol. The van der Waals surface area contributed by atoms with E-state index in [1.807, 2.05) is 13.8 Å². The summed E-state index contributed by atoms with van der Waals surface area (Å²) in [7, 11) is 0. The number of amides is 1. The lowest BCUT2D eigenvalue weighted by molar-refractivity contribution is -0.138. The lowest BCUT2D eigenvalue weighted by Crippen LogP contribution is -2.44. The molecule has 0 saturated heterocycles. The van der Waals surface area contributed by atoms with Gasteiger partial charge in [0.2, 0.25) is 5.91 Å². The summed E-state index contributed by atoms with van der Waals surface area (Å²) in [4.78, 5) is 14.6. The molecule has 0 spiro atoms. The maximum absolute atomic E-state index is 12.8.